The van der Waals surface area contributed by atoms with Crippen molar-refractivity contribution in [2.75, 3.05) is 12.0 Å². The van der Waals surface area contributed by atoms with Crippen LogP contribution < -0.4 is 5.56 Å². The molecule has 0 spiro atoms. The molecule has 0 saturated heterocycles. The van der Waals surface area contributed by atoms with Gasteiger partial charge < -0.3 is 9.67 Å². The maximum Gasteiger partial charge on any atom is 0.335 e. The second kappa shape index (κ2) is 4.85. The van der Waals surface area contributed by atoms with Crippen molar-refractivity contribution in [3.05, 3.63) is 34.2 Å². The lowest BCUT2D eigenvalue weighted by molar-refractivity contribution is 0.0696. The molecule has 0 unspecified atom stereocenters. The molecule has 14 heavy (non-hydrogen) atoms. The van der Waals surface area contributed by atoms with Gasteiger partial charge in [-0.1, -0.05) is 0 Å². The predicted molar refractivity (Wildman–Crippen MR) is 56.0 cm³/mol. The van der Waals surface area contributed by atoms with Gasteiger partial charge in [-0.25, -0.2) is 4.79 Å². The molecule has 5 heteroatoms. The minimum Gasteiger partial charge on any atom is -0.478 e. The Balaban J connectivity index is 2.90. The van der Waals surface area contributed by atoms with Crippen LogP contribution in [0.25, 0.3) is 0 Å². The number of rotatable bonds is 4. The summed E-state index contributed by atoms with van der Waals surface area (Å²) in [6.07, 6.45) is 3.47. The van der Waals surface area contributed by atoms with Crippen LogP contribution in [0.4, 0.5) is 0 Å². The Bertz CT molecular complexity index is 386. The standard InChI is InChI=1S/C9H11NO3S/c1-14-5-4-10-3-2-7(9(12)13)6-8(10)11/h2-3,6H,4-5H2,1H3,(H,12,13). The van der Waals surface area contributed by atoms with Gasteiger partial charge in [0, 0.05) is 24.6 Å². The molecule has 0 aromatic carbocycles. The van der Waals surface area contributed by atoms with E-state index in [1.54, 1.807) is 11.8 Å². The fraction of sp³-hybridized carbons (Fsp3) is 0.333. The molecular weight excluding hydrogens is 202 g/mol. The number of hydrogen-bond acceptors (Lipinski definition) is 3. The van der Waals surface area contributed by atoms with Crippen molar-refractivity contribution < 1.29 is 9.90 Å². The maximum absolute atomic E-state index is 11.3. The zero-order valence-corrected chi connectivity index (χ0v) is 8.58. The largest absolute Gasteiger partial charge is 0.478 e. The Morgan fingerprint density at radius 2 is 2.36 bits per heavy atom. The Labute approximate surface area is 85.6 Å². The first-order chi connectivity index (χ1) is 6.65. The van der Waals surface area contributed by atoms with Gasteiger partial charge in [-0.2, -0.15) is 11.8 Å². The number of aromatic nitrogens is 1. The van der Waals surface area contributed by atoms with Crippen LogP contribution in [0.1, 0.15) is 10.4 Å². The lowest BCUT2D eigenvalue weighted by Gasteiger charge is -2.03. The molecule has 4 nitrogen and oxygen atoms in total. The normalized spacial score (nSPS) is 10.1. The van der Waals surface area contributed by atoms with Gasteiger partial charge >= 0.3 is 5.97 Å². The lowest BCUT2D eigenvalue weighted by atomic mass is 10.3. The van der Waals surface area contributed by atoms with E-state index in [9.17, 15) is 9.59 Å². The van der Waals surface area contributed by atoms with E-state index < -0.39 is 5.97 Å². The molecule has 0 aliphatic carbocycles. The van der Waals surface area contributed by atoms with Crippen molar-refractivity contribution >= 4 is 17.7 Å². The Morgan fingerprint density at radius 1 is 1.64 bits per heavy atom. The van der Waals surface area contributed by atoms with Gasteiger partial charge in [0.2, 0.25) is 0 Å². The topological polar surface area (TPSA) is 59.3 Å². The number of nitrogens with zero attached hydrogens (tertiary/aromatic N) is 1. The average molecular weight is 213 g/mol. The first-order valence-electron chi connectivity index (χ1n) is 4.08. The molecule has 0 saturated carbocycles. The average Bonchev–Trinajstić information content (AvgIpc) is 2.15. The molecule has 1 aromatic heterocycles. The third-order valence-corrected chi connectivity index (χ3v) is 2.37. The predicted octanol–water partition coefficient (Wildman–Crippen LogP) is 0.909. The van der Waals surface area contributed by atoms with Crippen LogP contribution in [-0.2, 0) is 6.54 Å². The molecule has 1 aromatic rings. The molecule has 1 heterocycles. The van der Waals surface area contributed by atoms with Gasteiger partial charge in [-0.3, -0.25) is 4.79 Å². The maximum atomic E-state index is 11.3. The van der Waals surface area contributed by atoms with E-state index in [0.717, 1.165) is 11.8 Å². The number of carbonyl (C=O) groups is 1. The summed E-state index contributed by atoms with van der Waals surface area (Å²) >= 11 is 1.64. The van der Waals surface area contributed by atoms with Crippen LogP contribution >= 0.6 is 11.8 Å². The zero-order chi connectivity index (χ0) is 10.6. The van der Waals surface area contributed by atoms with E-state index in [1.807, 2.05) is 6.26 Å². The van der Waals surface area contributed by atoms with Gasteiger partial charge in [0.05, 0.1) is 5.56 Å². The highest BCUT2D eigenvalue weighted by Crippen LogP contribution is 1.97. The summed E-state index contributed by atoms with van der Waals surface area (Å²) in [7, 11) is 0. The van der Waals surface area contributed by atoms with Gasteiger partial charge in [0.1, 0.15) is 0 Å². The monoisotopic (exact) mass is 213 g/mol. The first-order valence-corrected chi connectivity index (χ1v) is 5.47. The van der Waals surface area contributed by atoms with Gasteiger partial charge in [0.25, 0.3) is 5.56 Å². The quantitative estimate of drug-likeness (QED) is 0.807. The van der Waals surface area contributed by atoms with Crippen molar-refractivity contribution in [1.82, 2.24) is 4.57 Å². The Kier molecular flexibility index (Phi) is 3.76. The van der Waals surface area contributed by atoms with Crippen LogP contribution in [0.15, 0.2) is 23.1 Å². The molecule has 1 rings (SSSR count). The van der Waals surface area contributed by atoms with Crippen LogP contribution in [0.5, 0.6) is 0 Å². The molecule has 0 aliphatic rings. The van der Waals surface area contributed by atoms with Crippen molar-refractivity contribution in [1.29, 1.82) is 0 Å². The second-order valence-corrected chi connectivity index (χ2v) is 3.73. The summed E-state index contributed by atoms with van der Waals surface area (Å²) in [6, 6.07) is 2.58. The number of carboxylic acid groups (broad SMARTS) is 1. The fourth-order valence-corrected chi connectivity index (χ4v) is 1.39. The van der Waals surface area contributed by atoms with E-state index >= 15 is 0 Å². The van der Waals surface area contributed by atoms with E-state index in [2.05, 4.69) is 0 Å². The van der Waals surface area contributed by atoms with Crippen molar-refractivity contribution in [3.8, 4) is 0 Å². The lowest BCUT2D eigenvalue weighted by Crippen LogP contribution is -2.21. The number of thioether (sulfide) groups is 1. The summed E-state index contributed by atoms with van der Waals surface area (Å²) in [5.41, 5.74) is -0.227. The minimum atomic E-state index is -1.07. The van der Waals surface area contributed by atoms with Gasteiger partial charge in [-0.15, -0.1) is 0 Å². The molecule has 0 aliphatic heterocycles. The van der Waals surface area contributed by atoms with E-state index in [1.165, 1.54) is 16.8 Å². The molecule has 0 atom stereocenters. The molecule has 0 fully saturated rings. The fourth-order valence-electron chi connectivity index (χ4n) is 1.02. The number of pyridine rings is 1. The highest BCUT2D eigenvalue weighted by Gasteiger charge is 2.04. The number of carboxylic acids is 1. The SMILES string of the molecule is CSCCn1ccc(C(=O)O)cc1=O. The summed E-state index contributed by atoms with van der Waals surface area (Å²) < 4.78 is 1.50. The third-order valence-electron chi connectivity index (χ3n) is 1.78. The summed E-state index contributed by atoms with van der Waals surface area (Å²) in [5, 5.41) is 8.62. The van der Waals surface area contributed by atoms with E-state index in [-0.39, 0.29) is 11.1 Å². The molecule has 0 bridgehead atoms. The summed E-state index contributed by atoms with van der Waals surface area (Å²) in [6.45, 7) is 0.611. The second-order valence-electron chi connectivity index (χ2n) is 2.75. The van der Waals surface area contributed by atoms with Crippen molar-refractivity contribution in [2.45, 2.75) is 6.54 Å². The van der Waals surface area contributed by atoms with Crippen LogP contribution in [-0.4, -0.2) is 27.7 Å². The summed E-state index contributed by atoms with van der Waals surface area (Å²) in [5.74, 6) is -0.231. The first kappa shape index (κ1) is 10.8. The number of hydrogen-bond donors (Lipinski definition) is 1. The number of aromatic carboxylic acids is 1. The molecule has 1 N–H and O–H groups in total. The molecule has 0 radical (unpaired) electrons. The Morgan fingerprint density at radius 3 is 2.86 bits per heavy atom. The smallest absolute Gasteiger partial charge is 0.335 e. The number of aryl methyl sites for hydroxylation is 1. The van der Waals surface area contributed by atoms with E-state index in [0.29, 0.717) is 6.54 Å². The third kappa shape index (κ3) is 2.63. The minimum absolute atomic E-state index is 0.0374. The molecule has 0 amide bonds. The van der Waals surface area contributed by atoms with Crippen LogP contribution in [0, 0.1) is 0 Å². The van der Waals surface area contributed by atoms with Gasteiger partial charge in [-0.05, 0) is 12.3 Å². The zero-order valence-electron chi connectivity index (χ0n) is 7.77. The van der Waals surface area contributed by atoms with E-state index in [4.69, 9.17) is 5.11 Å². The molecular formula is C9H11NO3S. The highest BCUT2D eigenvalue weighted by molar-refractivity contribution is 7.98. The Hall–Kier alpha value is -1.23. The highest BCUT2D eigenvalue weighted by atomic mass is 32.2. The van der Waals surface area contributed by atoms with Crippen molar-refractivity contribution in [2.24, 2.45) is 0 Å². The van der Waals surface area contributed by atoms with Crippen LogP contribution in [0.3, 0.4) is 0 Å². The summed E-state index contributed by atoms with van der Waals surface area (Å²) in [4.78, 5) is 21.9. The van der Waals surface area contributed by atoms with Crippen molar-refractivity contribution in [3.63, 3.8) is 0 Å². The molecule has 76 valence electrons. The van der Waals surface area contributed by atoms with Crippen LogP contribution in [0.2, 0.25) is 0 Å². The van der Waals surface area contributed by atoms with Gasteiger partial charge in [0.15, 0.2) is 0 Å².